The van der Waals surface area contributed by atoms with Crippen molar-refractivity contribution in [2.45, 2.75) is 12.1 Å². The molecular weight excluding hydrogens is 216 g/mol. The number of aliphatic hydroxyl groups is 1. The number of β-amino-alcohol motifs (C(OH)–C–C–N with tert-alkyl or cyclic N) is 1. The topological polar surface area (TPSA) is 42.0 Å². The number of likely N-dealkylation sites (N-methyl/N-ethyl adjacent to an activating group) is 1. The second kappa shape index (κ2) is 6.11. The number of nitrogens with zero attached hydrogens (tertiary/aromatic N) is 3. The molecule has 0 spiro atoms. The van der Waals surface area contributed by atoms with Crippen LogP contribution in [0.15, 0.2) is 0 Å². The Balaban J connectivity index is 1.70. The van der Waals surface area contributed by atoms with E-state index in [1.54, 1.807) is 0 Å². The first-order valence-corrected chi connectivity index (χ1v) is 6.67. The number of piperazine rings is 1. The fraction of sp³-hybridized carbons (Fsp3) is 1.00. The molecule has 5 heteroatoms. The van der Waals surface area contributed by atoms with Gasteiger partial charge in [0.1, 0.15) is 0 Å². The summed E-state index contributed by atoms with van der Waals surface area (Å²) in [6.45, 7) is 8.45. The number of nitrogens with one attached hydrogen (secondary N) is 1. The lowest BCUT2D eigenvalue weighted by Crippen LogP contribution is -2.54. The van der Waals surface area contributed by atoms with Crippen molar-refractivity contribution in [1.82, 2.24) is 20.0 Å². The Labute approximate surface area is 104 Å². The van der Waals surface area contributed by atoms with E-state index in [9.17, 15) is 5.11 Å². The van der Waals surface area contributed by atoms with Gasteiger partial charge in [0.15, 0.2) is 0 Å². The molecule has 0 aromatic carbocycles. The Kier molecular flexibility index (Phi) is 4.76. The molecular formula is C12H26N4O. The third-order valence-corrected chi connectivity index (χ3v) is 3.89. The third kappa shape index (κ3) is 3.63. The molecule has 2 heterocycles. The quantitative estimate of drug-likeness (QED) is 0.628. The zero-order chi connectivity index (χ0) is 12.3. The maximum atomic E-state index is 9.86. The van der Waals surface area contributed by atoms with Gasteiger partial charge in [0, 0.05) is 58.4 Å². The molecule has 0 radical (unpaired) electrons. The minimum Gasteiger partial charge on any atom is -0.390 e. The second-order valence-electron chi connectivity index (χ2n) is 5.47. The van der Waals surface area contributed by atoms with E-state index in [0.29, 0.717) is 6.04 Å². The molecule has 0 aliphatic carbocycles. The monoisotopic (exact) mass is 242 g/mol. The number of rotatable bonds is 4. The Morgan fingerprint density at radius 2 is 1.88 bits per heavy atom. The fourth-order valence-corrected chi connectivity index (χ4v) is 2.68. The molecule has 2 saturated heterocycles. The van der Waals surface area contributed by atoms with Crippen LogP contribution >= 0.6 is 0 Å². The average Bonchev–Trinajstić information content (AvgIpc) is 2.73. The minimum absolute atomic E-state index is 0.177. The van der Waals surface area contributed by atoms with Gasteiger partial charge in [-0.3, -0.25) is 9.80 Å². The molecule has 2 atom stereocenters. The van der Waals surface area contributed by atoms with Gasteiger partial charge in [0.2, 0.25) is 0 Å². The first kappa shape index (κ1) is 13.2. The van der Waals surface area contributed by atoms with E-state index in [-0.39, 0.29) is 6.10 Å². The van der Waals surface area contributed by atoms with E-state index < -0.39 is 0 Å². The van der Waals surface area contributed by atoms with Crippen LogP contribution in [-0.4, -0.2) is 98.4 Å². The highest BCUT2D eigenvalue weighted by molar-refractivity contribution is 4.90. The number of aliphatic hydroxyl groups excluding tert-OH is 1. The van der Waals surface area contributed by atoms with E-state index >= 15 is 0 Å². The van der Waals surface area contributed by atoms with E-state index in [2.05, 4.69) is 34.1 Å². The standard InChI is InChI=1S/C12H26N4O/c1-14(2)3-4-15-5-7-16(8-6-15)11-9-13-10-12(11)17/h11-13,17H,3-10H2,1-2H3/t11-,12-/m0/s1. The summed E-state index contributed by atoms with van der Waals surface area (Å²) in [5.41, 5.74) is 0. The Morgan fingerprint density at radius 3 is 2.41 bits per heavy atom. The van der Waals surface area contributed by atoms with Crippen LogP contribution < -0.4 is 5.32 Å². The van der Waals surface area contributed by atoms with E-state index in [4.69, 9.17) is 0 Å². The number of hydrogen-bond acceptors (Lipinski definition) is 5. The zero-order valence-electron chi connectivity index (χ0n) is 11.1. The summed E-state index contributed by atoms with van der Waals surface area (Å²) >= 11 is 0. The minimum atomic E-state index is -0.177. The Morgan fingerprint density at radius 1 is 1.18 bits per heavy atom. The molecule has 100 valence electrons. The van der Waals surface area contributed by atoms with Gasteiger partial charge < -0.3 is 15.3 Å². The van der Waals surface area contributed by atoms with E-state index in [1.807, 2.05) is 0 Å². The Hall–Kier alpha value is -0.200. The van der Waals surface area contributed by atoms with Gasteiger partial charge >= 0.3 is 0 Å². The van der Waals surface area contributed by atoms with Crippen LogP contribution in [0.3, 0.4) is 0 Å². The lowest BCUT2D eigenvalue weighted by atomic mass is 10.1. The average molecular weight is 242 g/mol. The van der Waals surface area contributed by atoms with Crippen LogP contribution in [0.4, 0.5) is 0 Å². The molecule has 0 unspecified atom stereocenters. The summed E-state index contributed by atoms with van der Waals surface area (Å²) < 4.78 is 0. The normalized spacial score (nSPS) is 32.5. The van der Waals surface area contributed by atoms with Crippen molar-refractivity contribution >= 4 is 0 Å². The SMILES string of the molecule is CN(C)CCN1CCN([C@H]2CNC[C@@H]2O)CC1. The predicted molar refractivity (Wildman–Crippen MR) is 69.2 cm³/mol. The smallest absolute Gasteiger partial charge is 0.0831 e. The van der Waals surface area contributed by atoms with Gasteiger partial charge in [-0.15, -0.1) is 0 Å². The van der Waals surface area contributed by atoms with Crippen molar-refractivity contribution < 1.29 is 5.11 Å². The van der Waals surface area contributed by atoms with Gasteiger partial charge in [-0.2, -0.15) is 0 Å². The maximum Gasteiger partial charge on any atom is 0.0831 e. The summed E-state index contributed by atoms with van der Waals surface area (Å²) in [6.07, 6.45) is -0.177. The summed E-state index contributed by atoms with van der Waals surface area (Å²) in [5, 5.41) is 13.1. The molecule has 0 bridgehead atoms. The first-order chi connectivity index (χ1) is 8.16. The van der Waals surface area contributed by atoms with Gasteiger partial charge in [0.05, 0.1) is 6.10 Å². The highest BCUT2D eigenvalue weighted by Crippen LogP contribution is 2.12. The molecule has 17 heavy (non-hydrogen) atoms. The lowest BCUT2D eigenvalue weighted by molar-refractivity contribution is 0.0430. The maximum absolute atomic E-state index is 9.86. The van der Waals surface area contributed by atoms with Crippen LogP contribution in [0.1, 0.15) is 0 Å². The van der Waals surface area contributed by atoms with Crippen molar-refractivity contribution in [3.63, 3.8) is 0 Å². The summed E-state index contributed by atoms with van der Waals surface area (Å²) in [5.74, 6) is 0. The molecule has 5 nitrogen and oxygen atoms in total. The lowest BCUT2D eigenvalue weighted by Gasteiger charge is -2.39. The Bertz CT molecular complexity index is 229. The summed E-state index contributed by atoms with van der Waals surface area (Å²) in [6, 6.07) is 0.339. The summed E-state index contributed by atoms with van der Waals surface area (Å²) in [7, 11) is 4.24. The van der Waals surface area contributed by atoms with E-state index in [1.165, 1.54) is 0 Å². The van der Waals surface area contributed by atoms with Crippen LogP contribution in [0.2, 0.25) is 0 Å². The van der Waals surface area contributed by atoms with Crippen LogP contribution in [0.25, 0.3) is 0 Å². The first-order valence-electron chi connectivity index (χ1n) is 6.67. The van der Waals surface area contributed by atoms with Crippen LogP contribution in [0, 0.1) is 0 Å². The van der Waals surface area contributed by atoms with Crippen molar-refractivity contribution in [3.8, 4) is 0 Å². The van der Waals surface area contributed by atoms with Crippen molar-refractivity contribution in [1.29, 1.82) is 0 Å². The largest absolute Gasteiger partial charge is 0.390 e. The van der Waals surface area contributed by atoms with Crippen molar-refractivity contribution in [2.75, 3.05) is 66.5 Å². The van der Waals surface area contributed by atoms with Gasteiger partial charge in [-0.25, -0.2) is 0 Å². The molecule has 2 N–H and O–H groups in total. The van der Waals surface area contributed by atoms with Gasteiger partial charge in [0.25, 0.3) is 0 Å². The fourth-order valence-electron chi connectivity index (χ4n) is 2.68. The van der Waals surface area contributed by atoms with Crippen LogP contribution in [0.5, 0.6) is 0 Å². The highest BCUT2D eigenvalue weighted by Gasteiger charge is 2.32. The van der Waals surface area contributed by atoms with Gasteiger partial charge in [-0.1, -0.05) is 0 Å². The molecule has 0 amide bonds. The highest BCUT2D eigenvalue weighted by atomic mass is 16.3. The second-order valence-corrected chi connectivity index (χ2v) is 5.47. The van der Waals surface area contributed by atoms with Crippen molar-refractivity contribution in [2.24, 2.45) is 0 Å². The zero-order valence-corrected chi connectivity index (χ0v) is 11.1. The summed E-state index contributed by atoms with van der Waals surface area (Å²) in [4.78, 5) is 7.19. The van der Waals surface area contributed by atoms with Crippen LogP contribution in [-0.2, 0) is 0 Å². The predicted octanol–water partition coefficient (Wildman–Crippen LogP) is -1.50. The van der Waals surface area contributed by atoms with Crippen molar-refractivity contribution in [3.05, 3.63) is 0 Å². The molecule has 0 aromatic heterocycles. The molecule has 0 aromatic rings. The molecule has 2 fully saturated rings. The molecule has 2 rings (SSSR count). The van der Waals surface area contributed by atoms with Gasteiger partial charge in [-0.05, 0) is 14.1 Å². The third-order valence-electron chi connectivity index (χ3n) is 3.89. The number of hydrogen-bond donors (Lipinski definition) is 2. The molecule has 2 aliphatic rings. The van der Waals surface area contributed by atoms with E-state index in [0.717, 1.165) is 52.4 Å². The molecule has 0 saturated carbocycles. The molecule has 2 aliphatic heterocycles.